The highest BCUT2D eigenvalue weighted by molar-refractivity contribution is 6.05. The quantitative estimate of drug-likeness (QED) is 0.728. The van der Waals surface area contributed by atoms with Crippen LogP contribution < -0.4 is 10.2 Å². The van der Waals surface area contributed by atoms with Gasteiger partial charge in [0.2, 0.25) is 0 Å². The maximum absolute atomic E-state index is 4.50. The Morgan fingerprint density at radius 2 is 1.50 bits per heavy atom. The van der Waals surface area contributed by atoms with E-state index in [0.717, 1.165) is 26.2 Å². The van der Waals surface area contributed by atoms with Crippen LogP contribution in [0.4, 0.5) is 5.69 Å². The molecular weight excluding hydrogens is 195 g/mol. The van der Waals surface area contributed by atoms with Gasteiger partial charge in [-0.1, -0.05) is 38.9 Å². The molecule has 1 aliphatic rings. The Balaban J connectivity index is 0.000000509. The monoisotopic (exact) mass is 218 g/mol. The van der Waals surface area contributed by atoms with E-state index in [1.165, 1.54) is 12.5 Å². The third kappa shape index (κ3) is 5.22. The van der Waals surface area contributed by atoms with Crippen molar-refractivity contribution in [2.75, 3.05) is 31.1 Å². The van der Waals surface area contributed by atoms with Crippen molar-refractivity contribution in [3.8, 4) is 0 Å². The topological polar surface area (TPSA) is 15.3 Å². The minimum atomic E-state index is 1.11. The van der Waals surface area contributed by atoms with Gasteiger partial charge in [-0.05, 0) is 12.1 Å². The average molecular weight is 218 g/mol. The highest BCUT2D eigenvalue weighted by Crippen LogP contribution is 2.12. The fourth-order valence-electron chi connectivity index (χ4n) is 1.56. The summed E-state index contributed by atoms with van der Waals surface area (Å²) >= 11 is 0. The van der Waals surface area contributed by atoms with Crippen LogP contribution in [0.15, 0.2) is 30.3 Å². The molecule has 0 atom stereocenters. The first-order valence-electron chi connectivity index (χ1n) is 6.05. The van der Waals surface area contributed by atoms with E-state index < -0.39 is 0 Å². The highest BCUT2D eigenvalue weighted by atomic mass is 15.2. The molecule has 2 rings (SSSR count). The van der Waals surface area contributed by atoms with Gasteiger partial charge in [-0.15, -0.1) is 0 Å². The molecule has 0 saturated carbocycles. The smallest absolute Gasteiger partial charge is 0.0606 e. The molecule has 88 valence electrons. The fraction of sp³-hybridized carbons (Fsp3) is 0.538. The molecule has 2 nitrogen and oxygen atoms in total. The van der Waals surface area contributed by atoms with Crippen LogP contribution in [0.2, 0.25) is 6.82 Å². The number of rotatable bonds is 1. The first-order chi connectivity index (χ1) is 7.97. The largest absolute Gasteiger partial charge is 0.369 e. The van der Waals surface area contributed by atoms with Gasteiger partial charge in [0.1, 0.15) is 0 Å². The molecule has 1 aromatic rings. The van der Waals surface area contributed by atoms with Crippen LogP contribution in [0.3, 0.4) is 0 Å². The maximum Gasteiger partial charge on any atom is 0.0606 e. The third-order valence-corrected chi connectivity index (χ3v) is 2.24. The van der Waals surface area contributed by atoms with Crippen molar-refractivity contribution in [3.05, 3.63) is 30.3 Å². The average Bonchev–Trinajstić information content (AvgIpc) is 2.45. The highest BCUT2D eigenvalue weighted by Gasteiger charge is 2.08. The second-order valence-electron chi connectivity index (χ2n) is 3.07. The van der Waals surface area contributed by atoms with Crippen LogP contribution in [0.1, 0.15) is 13.8 Å². The second-order valence-corrected chi connectivity index (χ2v) is 3.07. The van der Waals surface area contributed by atoms with Crippen molar-refractivity contribution in [1.82, 2.24) is 5.32 Å². The lowest BCUT2D eigenvalue weighted by molar-refractivity contribution is 0.589. The van der Waals surface area contributed by atoms with Crippen LogP contribution in [0.5, 0.6) is 0 Å². The van der Waals surface area contributed by atoms with E-state index in [1.807, 2.05) is 13.8 Å². The molecular formula is C13H23BN2. The first-order valence-corrected chi connectivity index (χ1v) is 6.05. The molecule has 16 heavy (non-hydrogen) atoms. The number of nitrogens with zero attached hydrogens (tertiary/aromatic N) is 1. The zero-order valence-electron chi connectivity index (χ0n) is 10.7. The molecule has 1 fully saturated rings. The Morgan fingerprint density at radius 1 is 1.00 bits per heavy atom. The van der Waals surface area contributed by atoms with Gasteiger partial charge in [-0.25, -0.2) is 0 Å². The standard InChI is InChI=1S/C10H14N2.C2H6.CH3B/c1-2-4-10(5-3-1)12-8-6-11-7-9-12;2*1-2/h1-5,11H,6-9H2;1-2H3;1H3. The van der Waals surface area contributed by atoms with Gasteiger partial charge in [0, 0.05) is 31.9 Å². The van der Waals surface area contributed by atoms with Crippen molar-refractivity contribution < 1.29 is 0 Å². The molecule has 1 aliphatic heterocycles. The van der Waals surface area contributed by atoms with Crippen molar-refractivity contribution in [3.63, 3.8) is 0 Å². The summed E-state index contributed by atoms with van der Waals surface area (Å²) in [5, 5.41) is 3.34. The van der Waals surface area contributed by atoms with E-state index in [1.54, 1.807) is 0 Å². The molecule has 0 spiro atoms. The SMILES string of the molecule is CC.[B]C.c1ccc(N2CCNCC2)cc1. The van der Waals surface area contributed by atoms with Gasteiger partial charge >= 0.3 is 0 Å². The Kier molecular flexibility index (Phi) is 9.93. The lowest BCUT2D eigenvalue weighted by Gasteiger charge is -2.29. The summed E-state index contributed by atoms with van der Waals surface area (Å²) in [7, 11) is 4.50. The number of anilines is 1. The predicted octanol–water partition coefficient (Wildman–Crippen LogP) is 2.33. The van der Waals surface area contributed by atoms with Crippen molar-refractivity contribution in [2.45, 2.75) is 20.7 Å². The molecule has 1 heterocycles. The Hall–Kier alpha value is -0.955. The third-order valence-electron chi connectivity index (χ3n) is 2.24. The summed E-state index contributed by atoms with van der Waals surface area (Å²) in [6.45, 7) is 9.97. The van der Waals surface area contributed by atoms with E-state index in [9.17, 15) is 0 Å². The molecule has 0 amide bonds. The van der Waals surface area contributed by atoms with E-state index >= 15 is 0 Å². The number of hydrogen-bond acceptors (Lipinski definition) is 2. The second kappa shape index (κ2) is 10.6. The number of piperazine rings is 1. The molecule has 0 aliphatic carbocycles. The minimum Gasteiger partial charge on any atom is -0.369 e. The van der Waals surface area contributed by atoms with Crippen LogP contribution in [0, 0.1) is 0 Å². The van der Waals surface area contributed by atoms with Crippen molar-refractivity contribution in [1.29, 1.82) is 0 Å². The zero-order valence-corrected chi connectivity index (χ0v) is 10.7. The van der Waals surface area contributed by atoms with Gasteiger partial charge in [0.05, 0.1) is 7.85 Å². The van der Waals surface area contributed by atoms with Gasteiger partial charge in [0.25, 0.3) is 0 Å². The summed E-state index contributed by atoms with van der Waals surface area (Å²) < 4.78 is 0. The van der Waals surface area contributed by atoms with Gasteiger partial charge in [-0.2, -0.15) is 0 Å². The van der Waals surface area contributed by atoms with Crippen LogP contribution in [-0.2, 0) is 0 Å². The number of nitrogens with one attached hydrogen (secondary N) is 1. The summed E-state index contributed by atoms with van der Waals surface area (Å²) in [4.78, 5) is 2.41. The van der Waals surface area contributed by atoms with Gasteiger partial charge in [-0.3, -0.25) is 0 Å². The van der Waals surface area contributed by atoms with E-state index in [-0.39, 0.29) is 0 Å². The zero-order chi connectivity index (χ0) is 12.2. The molecule has 1 saturated heterocycles. The number of para-hydroxylation sites is 1. The summed E-state index contributed by atoms with van der Waals surface area (Å²) in [6, 6.07) is 10.6. The normalized spacial score (nSPS) is 14.1. The molecule has 2 radical (unpaired) electrons. The molecule has 1 aromatic carbocycles. The Labute approximate surface area is 101 Å². The van der Waals surface area contributed by atoms with Gasteiger partial charge < -0.3 is 10.2 Å². The number of benzene rings is 1. The fourth-order valence-corrected chi connectivity index (χ4v) is 1.56. The van der Waals surface area contributed by atoms with Crippen LogP contribution >= 0.6 is 0 Å². The van der Waals surface area contributed by atoms with E-state index in [2.05, 4.69) is 48.4 Å². The van der Waals surface area contributed by atoms with E-state index in [4.69, 9.17) is 0 Å². The molecule has 1 N–H and O–H groups in total. The predicted molar refractivity (Wildman–Crippen MR) is 74.5 cm³/mol. The van der Waals surface area contributed by atoms with Gasteiger partial charge in [0.15, 0.2) is 0 Å². The Bertz CT molecular complexity index is 233. The first kappa shape index (κ1) is 15.0. The molecule has 0 bridgehead atoms. The molecule has 3 heteroatoms. The maximum atomic E-state index is 4.50. The molecule has 0 aromatic heterocycles. The van der Waals surface area contributed by atoms with Crippen molar-refractivity contribution in [2.24, 2.45) is 0 Å². The summed E-state index contributed by atoms with van der Waals surface area (Å²) in [6.07, 6.45) is 0. The summed E-state index contributed by atoms with van der Waals surface area (Å²) in [5.74, 6) is 0. The van der Waals surface area contributed by atoms with Crippen molar-refractivity contribution >= 4 is 13.5 Å². The number of hydrogen-bond donors (Lipinski definition) is 1. The lowest BCUT2D eigenvalue weighted by Crippen LogP contribution is -2.43. The molecule has 0 unspecified atom stereocenters. The van der Waals surface area contributed by atoms with Crippen LogP contribution in [0.25, 0.3) is 0 Å². The van der Waals surface area contributed by atoms with Crippen LogP contribution in [-0.4, -0.2) is 34.0 Å². The summed E-state index contributed by atoms with van der Waals surface area (Å²) in [5.41, 5.74) is 1.35. The Morgan fingerprint density at radius 3 is 2.00 bits per heavy atom. The van der Waals surface area contributed by atoms with E-state index in [0.29, 0.717) is 0 Å². The minimum absolute atomic E-state index is 1.11. The lowest BCUT2D eigenvalue weighted by atomic mass is 10.2.